The lowest BCUT2D eigenvalue weighted by Gasteiger charge is -2.41. The van der Waals surface area contributed by atoms with Crippen molar-refractivity contribution in [2.24, 2.45) is 5.92 Å². The number of ether oxygens (including phenoxy) is 2. The van der Waals surface area contributed by atoms with E-state index in [0.717, 1.165) is 12.8 Å². The highest BCUT2D eigenvalue weighted by Crippen LogP contribution is 2.25. The molecule has 0 bridgehead atoms. The predicted molar refractivity (Wildman–Crippen MR) is 122 cm³/mol. The maximum Gasteiger partial charge on any atom is 0.410 e. The van der Waals surface area contributed by atoms with E-state index >= 15 is 0 Å². The van der Waals surface area contributed by atoms with Gasteiger partial charge in [-0.2, -0.15) is 0 Å². The zero-order valence-electron chi connectivity index (χ0n) is 19.9. The Labute approximate surface area is 186 Å². The number of amides is 2. The Morgan fingerprint density at radius 2 is 1.77 bits per heavy atom. The van der Waals surface area contributed by atoms with Crippen LogP contribution in [0.1, 0.15) is 59.1 Å². The SMILES string of the molecule is C[C@H](CN(C)C(=O)OC(C)(C)C)C(=O)NCC1(N[C@@H](C)c2ccccc2)CCOCC1. The van der Waals surface area contributed by atoms with E-state index in [2.05, 4.69) is 29.7 Å². The van der Waals surface area contributed by atoms with Crippen molar-refractivity contribution >= 4 is 12.0 Å². The van der Waals surface area contributed by atoms with Crippen LogP contribution in [0.15, 0.2) is 30.3 Å². The molecule has 1 aromatic carbocycles. The smallest absolute Gasteiger partial charge is 0.410 e. The summed E-state index contributed by atoms with van der Waals surface area (Å²) in [4.78, 5) is 26.4. The third-order valence-electron chi connectivity index (χ3n) is 5.57. The summed E-state index contributed by atoms with van der Waals surface area (Å²) in [5.74, 6) is -0.420. The van der Waals surface area contributed by atoms with Gasteiger partial charge in [0.15, 0.2) is 0 Å². The van der Waals surface area contributed by atoms with Gasteiger partial charge in [0.05, 0.1) is 5.92 Å². The van der Waals surface area contributed by atoms with Crippen LogP contribution in [0.2, 0.25) is 0 Å². The van der Waals surface area contributed by atoms with Gasteiger partial charge in [0.2, 0.25) is 5.91 Å². The van der Waals surface area contributed by atoms with Gasteiger partial charge in [-0.1, -0.05) is 37.3 Å². The zero-order valence-corrected chi connectivity index (χ0v) is 19.9. The number of nitrogens with zero attached hydrogens (tertiary/aromatic N) is 1. The molecule has 0 aromatic heterocycles. The Hall–Kier alpha value is -2.12. The minimum atomic E-state index is -0.562. The quantitative estimate of drug-likeness (QED) is 0.656. The van der Waals surface area contributed by atoms with E-state index < -0.39 is 11.7 Å². The summed E-state index contributed by atoms with van der Waals surface area (Å²) < 4.78 is 10.9. The van der Waals surface area contributed by atoms with Crippen molar-refractivity contribution < 1.29 is 19.1 Å². The Bertz CT molecular complexity index is 711. The molecule has 0 unspecified atom stereocenters. The normalized spacial score (nSPS) is 18.0. The van der Waals surface area contributed by atoms with Gasteiger partial charge in [-0.05, 0) is 46.1 Å². The monoisotopic (exact) mass is 433 g/mol. The summed E-state index contributed by atoms with van der Waals surface area (Å²) in [5.41, 5.74) is 0.430. The van der Waals surface area contributed by atoms with E-state index in [9.17, 15) is 9.59 Å². The average molecular weight is 434 g/mol. The van der Waals surface area contributed by atoms with Crippen LogP contribution in [0.4, 0.5) is 4.79 Å². The molecule has 2 rings (SSSR count). The average Bonchev–Trinajstić information content (AvgIpc) is 2.72. The van der Waals surface area contributed by atoms with Crippen LogP contribution in [0.3, 0.4) is 0 Å². The van der Waals surface area contributed by atoms with Crippen LogP contribution in [0, 0.1) is 5.92 Å². The van der Waals surface area contributed by atoms with Gasteiger partial charge in [0.1, 0.15) is 5.60 Å². The maximum absolute atomic E-state index is 12.8. The molecule has 7 heteroatoms. The van der Waals surface area contributed by atoms with E-state index in [1.807, 2.05) is 45.9 Å². The van der Waals surface area contributed by atoms with Crippen LogP contribution in [-0.4, -0.2) is 61.4 Å². The zero-order chi connectivity index (χ0) is 23.1. The van der Waals surface area contributed by atoms with Crippen LogP contribution >= 0.6 is 0 Å². The fourth-order valence-electron chi connectivity index (χ4n) is 3.76. The Kier molecular flexibility index (Phi) is 8.89. The van der Waals surface area contributed by atoms with Crippen molar-refractivity contribution in [3.63, 3.8) is 0 Å². The second-order valence-electron chi connectivity index (χ2n) is 9.65. The summed E-state index contributed by atoms with van der Waals surface area (Å²) in [7, 11) is 1.65. The Balaban J connectivity index is 1.93. The molecule has 31 heavy (non-hydrogen) atoms. The number of benzene rings is 1. The molecular formula is C24H39N3O4. The molecule has 1 aliphatic rings. The predicted octanol–water partition coefficient (Wildman–Crippen LogP) is 3.51. The molecule has 0 aliphatic carbocycles. The van der Waals surface area contributed by atoms with Crippen LogP contribution < -0.4 is 10.6 Å². The summed E-state index contributed by atoms with van der Waals surface area (Å²) >= 11 is 0. The molecule has 1 fully saturated rings. The second kappa shape index (κ2) is 11.0. The molecule has 1 heterocycles. The van der Waals surface area contributed by atoms with Crippen LogP contribution in [0.25, 0.3) is 0 Å². The van der Waals surface area contributed by atoms with E-state index in [4.69, 9.17) is 9.47 Å². The lowest BCUT2D eigenvalue weighted by Crippen LogP contribution is -2.57. The van der Waals surface area contributed by atoms with E-state index in [-0.39, 0.29) is 23.4 Å². The highest BCUT2D eigenvalue weighted by Gasteiger charge is 2.35. The van der Waals surface area contributed by atoms with Gasteiger partial charge in [0.25, 0.3) is 0 Å². The fraction of sp³-hybridized carbons (Fsp3) is 0.667. The third kappa shape index (κ3) is 8.15. The van der Waals surface area contributed by atoms with Gasteiger partial charge in [-0.25, -0.2) is 4.79 Å². The van der Waals surface area contributed by atoms with Crippen LogP contribution in [0.5, 0.6) is 0 Å². The first kappa shape index (κ1) is 25.1. The number of hydrogen-bond donors (Lipinski definition) is 2. The molecule has 1 aliphatic heterocycles. The minimum Gasteiger partial charge on any atom is -0.444 e. The first-order chi connectivity index (χ1) is 14.5. The molecule has 2 N–H and O–H groups in total. The van der Waals surface area contributed by atoms with Crippen molar-refractivity contribution in [1.29, 1.82) is 0 Å². The molecule has 0 radical (unpaired) electrons. The number of carbonyl (C=O) groups is 2. The lowest BCUT2D eigenvalue weighted by molar-refractivity contribution is -0.125. The highest BCUT2D eigenvalue weighted by molar-refractivity contribution is 5.79. The van der Waals surface area contributed by atoms with Gasteiger partial charge in [-0.15, -0.1) is 0 Å². The lowest BCUT2D eigenvalue weighted by atomic mass is 9.88. The summed E-state index contributed by atoms with van der Waals surface area (Å²) in [6.45, 7) is 11.6. The number of nitrogens with one attached hydrogen (secondary N) is 2. The minimum absolute atomic E-state index is 0.0737. The molecule has 2 atom stereocenters. The van der Waals surface area contributed by atoms with Crippen molar-refractivity contribution in [2.75, 3.05) is 33.4 Å². The molecule has 0 saturated carbocycles. The van der Waals surface area contributed by atoms with Crippen molar-refractivity contribution in [2.45, 2.75) is 64.6 Å². The standard InChI is InChI=1S/C24H39N3O4/c1-18(16-27(6)22(29)31-23(3,4)5)21(28)25-17-24(12-14-30-15-13-24)26-19(2)20-10-8-7-9-11-20/h7-11,18-19,26H,12-17H2,1-6H3,(H,25,28)/t18-,19+/m1/s1. The third-order valence-corrected chi connectivity index (χ3v) is 5.57. The van der Waals surface area contributed by atoms with Crippen molar-refractivity contribution in [1.82, 2.24) is 15.5 Å². The molecule has 1 saturated heterocycles. The van der Waals surface area contributed by atoms with Gasteiger partial charge in [0, 0.05) is 44.9 Å². The Morgan fingerprint density at radius 1 is 1.16 bits per heavy atom. The topological polar surface area (TPSA) is 79.9 Å². The van der Waals surface area contributed by atoms with Gasteiger partial charge < -0.3 is 25.0 Å². The van der Waals surface area contributed by atoms with Gasteiger partial charge >= 0.3 is 6.09 Å². The second-order valence-corrected chi connectivity index (χ2v) is 9.65. The summed E-state index contributed by atoms with van der Waals surface area (Å²) in [6.07, 6.45) is 1.24. The number of carbonyl (C=O) groups excluding carboxylic acids is 2. The molecule has 174 valence electrons. The first-order valence-electron chi connectivity index (χ1n) is 11.1. The largest absolute Gasteiger partial charge is 0.444 e. The maximum atomic E-state index is 12.8. The van der Waals surface area contributed by atoms with E-state index in [0.29, 0.717) is 26.3 Å². The van der Waals surface area contributed by atoms with Crippen molar-refractivity contribution in [3.05, 3.63) is 35.9 Å². The summed E-state index contributed by atoms with van der Waals surface area (Å²) in [5, 5.41) is 6.85. The van der Waals surface area contributed by atoms with Gasteiger partial charge in [-0.3, -0.25) is 4.79 Å². The molecule has 1 aromatic rings. The number of rotatable bonds is 8. The first-order valence-corrected chi connectivity index (χ1v) is 11.1. The number of hydrogen-bond acceptors (Lipinski definition) is 5. The highest BCUT2D eigenvalue weighted by atomic mass is 16.6. The van der Waals surface area contributed by atoms with Crippen molar-refractivity contribution in [3.8, 4) is 0 Å². The Morgan fingerprint density at radius 3 is 2.35 bits per heavy atom. The molecule has 7 nitrogen and oxygen atoms in total. The summed E-state index contributed by atoms with van der Waals surface area (Å²) in [6, 6.07) is 10.5. The fourth-order valence-corrected chi connectivity index (χ4v) is 3.76. The molecular weight excluding hydrogens is 394 g/mol. The van der Waals surface area contributed by atoms with E-state index in [1.54, 1.807) is 7.05 Å². The van der Waals surface area contributed by atoms with E-state index in [1.165, 1.54) is 10.5 Å². The van der Waals surface area contributed by atoms with Crippen LogP contribution in [-0.2, 0) is 14.3 Å². The molecule has 2 amide bonds. The molecule has 0 spiro atoms.